The molecule has 0 bridgehead atoms. The van der Waals surface area contributed by atoms with E-state index >= 15 is 0 Å². The van der Waals surface area contributed by atoms with Crippen molar-refractivity contribution in [1.82, 2.24) is 74.1 Å². The van der Waals surface area contributed by atoms with Crippen molar-refractivity contribution in [3.63, 3.8) is 0 Å². The zero-order chi connectivity index (χ0) is 85.8. The third kappa shape index (κ3) is 32.5. The highest BCUT2D eigenvalue weighted by atomic mass is 16.5. The lowest BCUT2D eigenvalue weighted by Gasteiger charge is -2.30. The Kier molecular flexibility index (Phi) is 39.2. The number of Topliss-reactive ketones (excluding diaryl/α,β-unsaturated/α-hetero) is 1. The number of esters is 1. The Morgan fingerprint density at radius 2 is 1.09 bits per heavy atom. The zero-order valence-corrected chi connectivity index (χ0v) is 63.6. The summed E-state index contributed by atoms with van der Waals surface area (Å²) in [7, 11) is 0. The molecule has 1 aromatic heterocycles. The van der Waals surface area contributed by atoms with E-state index < -0.39 is 261 Å². The lowest BCUT2D eigenvalue weighted by Crippen LogP contribution is -2.62. The van der Waals surface area contributed by atoms with Gasteiger partial charge in [-0.15, -0.1) is 0 Å². The van der Waals surface area contributed by atoms with E-state index in [1.54, 1.807) is 30.5 Å². The molecule has 2 heterocycles. The van der Waals surface area contributed by atoms with Gasteiger partial charge in [0.2, 0.25) is 82.7 Å². The second-order valence-electron chi connectivity index (χ2n) is 27.2. The number of benzene rings is 2. The first-order chi connectivity index (χ1) is 54.4. The summed E-state index contributed by atoms with van der Waals surface area (Å²) >= 11 is 0. The zero-order valence-electron chi connectivity index (χ0n) is 63.6. The van der Waals surface area contributed by atoms with Gasteiger partial charge in [0.25, 0.3) is 0 Å². The van der Waals surface area contributed by atoms with Crippen LogP contribution in [0.1, 0.15) is 146 Å². The van der Waals surface area contributed by atoms with Crippen LogP contribution >= 0.6 is 0 Å². The number of hydrogen-bond donors (Lipinski definition) is 22. The molecule has 14 amide bonds. The fourth-order valence-electron chi connectivity index (χ4n) is 11.7. The maximum Gasteiger partial charge on any atom is 0.329 e. The first kappa shape index (κ1) is 94.7. The van der Waals surface area contributed by atoms with Crippen LogP contribution in [-0.4, -0.2) is 248 Å². The van der Waals surface area contributed by atoms with E-state index in [9.17, 15) is 121 Å². The first-order valence-corrected chi connectivity index (χ1v) is 36.8. The van der Waals surface area contributed by atoms with Crippen LogP contribution in [-0.2, 0) is 102 Å². The van der Waals surface area contributed by atoms with Crippen molar-refractivity contribution >= 4 is 135 Å². The van der Waals surface area contributed by atoms with Crippen LogP contribution in [0.5, 0.6) is 0 Å². The molecular weight excluding hydrogens is 1520 g/mol. The number of para-hydroxylation sites is 2. The third-order valence-electron chi connectivity index (χ3n) is 17.9. The molecule has 1 fully saturated rings. The highest BCUT2D eigenvalue weighted by Gasteiger charge is 2.41. The lowest BCUT2D eigenvalue weighted by atomic mass is 9.96. The Balaban J connectivity index is 1.87. The summed E-state index contributed by atoms with van der Waals surface area (Å²) < 4.78 is 5.68. The number of H-pyrrole nitrogens is 1. The molecule has 3 aromatic rings. The number of carbonyl (C=O) groups is 20. The molecule has 0 saturated carbocycles. The molecule has 1 aliphatic rings. The van der Waals surface area contributed by atoms with Gasteiger partial charge in [-0.2, -0.15) is 0 Å². The number of anilines is 1. The third-order valence-corrected chi connectivity index (χ3v) is 17.9. The lowest BCUT2D eigenvalue weighted by molar-refractivity contribution is -0.156. The number of fused-ring (bicyclic) bond motifs is 1. The number of aromatic amines is 1. The largest absolute Gasteiger partial charge is 0.481 e. The van der Waals surface area contributed by atoms with Crippen LogP contribution in [0.15, 0.2) is 54.7 Å². The number of nitrogens with two attached hydrogens (primary N) is 3. The van der Waals surface area contributed by atoms with Crippen molar-refractivity contribution in [1.29, 1.82) is 0 Å². The molecule has 4 rings (SSSR count). The number of ether oxygens (including phenoxy) is 1. The minimum atomic E-state index is -2.45. The highest BCUT2D eigenvalue weighted by Crippen LogP contribution is 2.22. The Hall–Kier alpha value is -12.7. The van der Waals surface area contributed by atoms with Crippen LogP contribution in [0.2, 0.25) is 0 Å². The summed E-state index contributed by atoms with van der Waals surface area (Å²) in [5.41, 5.74) is 18.1. The van der Waals surface area contributed by atoms with Gasteiger partial charge >= 0.3 is 29.8 Å². The number of rotatable bonds is 35. The number of cyclic esters (lactones) is 1. The number of nitrogens with one attached hydrogen (secondary N) is 14. The second kappa shape index (κ2) is 47.6. The Labute approximate surface area is 657 Å². The van der Waals surface area contributed by atoms with Crippen molar-refractivity contribution in [2.45, 2.75) is 209 Å². The van der Waals surface area contributed by atoms with Gasteiger partial charge < -0.3 is 122 Å². The van der Waals surface area contributed by atoms with E-state index in [0.29, 0.717) is 29.3 Å². The quantitative estimate of drug-likeness (QED) is 0.0113. The maximum atomic E-state index is 14.8. The average Bonchev–Trinajstić information content (AvgIpc) is 1.72. The summed E-state index contributed by atoms with van der Waals surface area (Å²) in [6.07, 6.45) is -2.33. The molecule has 4 unspecified atom stereocenters. The number of aliphatic carboxylic acids is 4. The summed E-state index contributed by atoms with van der Waals surface area (Å²) in [6.45, 7) is 1.11. The number of aromatic nitrogens is 1. The average molecular weight is 1620 g/mol. The molecule has 43 heteroatoms. The molecule has 1 saturated heterocycles. The summed E-state index contributed by atoms with van der Waals surface area (Å²) in [4.78, 5) is 276. The monoisotopic (exact) mass is 1620 g/mol. The number of hydrogen-bond acceptors (Lipinski definition) is 24. The van der Waals surface area contributed by atoms with Crippen LogP contribution in [0.3, 0.4) is 0 Å². The highest BCUT2D eigenvalue weighted by molar-refractivity contribution is 6.05. The summed E-state index contributed by atoms with van der Waals surface area (Å²) in [5.74, 6) is -29.7. The first-order valence-electron chi connectivity index (χ1n) is 36.8. The van der Waals surface area contributed by atoms with E-state index in [4.69, 9.17) is 21.9 Å². The van der Waals surface area contributed by atoms with E-state index in [1.807, 2.05) is 16.0 Å². The maximum absolute atomic E-state index is 14.8. The number of carbonyl (C=O) groups excluding carboxylic acids is 16. The van der Waals surface area contributed by atoms with Gasteiger partial charge in [-0.25, -0.2) is 4.79 Å². The number of ketones is 1. The van der Waals surface area contributed by atoms with Gasteiger partial charge in [-0.3, -0.25) is 91.1 Å². The van der Waals surface area contributed by atoms with Crippen LogP contribution in [0.25, 0.3) is 10.9 Å². The van der Waals surface area contributed by atoms with Crippen molar-refractivity contribution in [3.8, 4) is 0 Å². The molecule has 13 atom stereocenters. The van der Waals surface area contributed by atoms with Crippen molar-refractivity contribution < 1.29 is 126 Å². The number of aliphatic hydroxyl groups is 1. The van der Waals surface area contributed by atoms with Crippen LogP contribution in [0, 0.1) is 5.92 Å². The smallest absolute Gasteiger partial charge is 0.329 e. The SMILES string of the molecule is CCCCCCCCCC(=O)N[C@@H](Cc1c[nH]c2ccccc12)C(=O)N[C@@H](CC(N)=O)C(=O)N[C@@H](CC(=O)O)C(=O)N[C@@H]1C(=O)NCC(=O)NC(CCCN)C(=O)NC(CC(=O)O)C(=O)N[C@H](C)C(=O)NC(CC(=O)O)C(=O)NCC(=O)N[C@H](CO)C(=O)NC([C@H](C)CC(=O)O)C(=O)N[C@@H](CC(=O)c2ccccc2N)C(=O)O[C@@H]1C. The van der Waals surface area contributed by atoms with Gasteiger partial charge in [0.1, 0.15) is 72.6 Å². The molecule has 630 valence electrons. The van der Waals surface area contributed by atoms with Crippen molar-refractivity contribution in [2.24, 2.45) is 17.4 Å². The number of nitrogen functional groups attached to an aromatic ring is 1. The predicted octanol–water partition coefficient (Wildman–Crippen LogP) is -5.62. The van der Waals surface area contributed by atoms with Crippen molar-refractivity contribution in [3.05, 3.63) is 65.9 Å². The number of carboxylic acids is 4. The second-order valence-corrected chi connectivity index (χ2v) is 27.2. The van der Waals surface area contributed by atoms with Crippen LogP contribution < -0.4 is 86.3 Å². The number of carboxylic acid groups (broad SMARTS) is 4. The molecule has 0 radical (unpaired) electrons. The molecule has 43 nitrogen and oxygen atoms in total. The number of aliphatic hydroxyl groups excluding tert-OH is 1. The Morgan fingerprint density at radius 1 is 0.548 bits per heavy atom. The predicted molar refractivity (Wildman–Crippen MR) is 400 cm³/mol. The normalized spacial score (nSPS) is 21.2. The summed E-state index contributed by atoms with van der Waals surface area (Å²) in [5, 5.41) is 78.7. The minimum absolute atomic E-state index is 0.0186. The van der Waals surface area contributed by atoms with Gasteiger partial charge in [-0.1, -0.05) is 82.7 Å². The van der Waals surface area contributed by atoms with E-state index in [-0.39, 0.29) is 37.1 Å². The topological polar surface area (TPSA) is 702 Å². The van der Waals surface area contributed by atoms with E-state index in [1.165, 1.54) is 24.3 Å². The molecule has 0 aliphatic carbocycles. The summed E-state index contributed by atoms with van der Waals surface area (Å²) in [6, 6.07) is -10.5. The number of primary amides is 1. The molecule has 2 aromatic carbocycles. The van der Waals surface area contributed by atoms with E-state index in [0.717, 1.165) is 52.9 Å². The van der Waals surface area contributed by atoms with E-state index in [2.05, 4.69) is 65.1 Å². The Bertz CT molecular complexity index is 4040. The minimum Gasteiger partial charge on any atom is -0.481 e. The fraction of sp³-hybridized carbons (Fsp3) is 0.528. The van der Waals surface area contributed by atoms with Gasteiger partial charge in [0.05, 0.1) is 51.8 Å². The fourth-order valence-corrected chi connectivity index (χ4v) is 11.7. The van der Waals surface area contributed by atoms with Gasteiger partial charge in [-0.05, 0) is 69.3 Å². The molecule has 0 spiro atoms. The van der Waals surface area contributed by atoms with Crippen molar-refractivity contribution in [2.75, 3.05) is 32.0 Å². The standard InChI is InChI=1S/C72H101N17O26/c1-5-6-7-8-9-10-11-22-53(93)81-44(25-38-31-76-42-20-15-13-17-39(38)42)66(108)84-45(27-52(75)92)67(109)86-48(30-59(102)103)68(110)89-61-37(4)115-72(114)49(26-51(91)40-18-12-14-19-41(40)74)87-71(113)60(35(2)24-56(96)97)88-69(111)50(34-90)82-55(95)32-77-63(105)46(28-57(98)99)83-62(104)36(3)79-65(107)47(29-58(100)101)85-64(106)43(21-16-23-73)80-54(94)33-78-70(61)112/h12-15,17-20,31,35-37,43-50,60-61,76,90H,5-11,16,21-30,32-34,73-74H2,1-4H3,(H2,75,92)(H,77,105)(H,78,112)(H,79,107)(H,80,94)(H,81,93)(H,82,95)(H,83,104)(H,84,108)(H,85,106)(H,86,109)(H,87,113)(H,88,111)(H,89,110)(H,96,97)(H,98,99)(H,100,101)(H,102,103)/t35-,36-,37-,43?,44+,45+,46?,47?,48+,49+,50-,60?,61+/m1/s1. The number of amides is 14. The number of unbranched alkanes of at least 4 members (excludes halogenated alkanes) is 6. The molecule has 115 heavy (non-hydrogen) atoms. The molecular formula is C72H101N17O26. The van der Waals surface area contributed by atoms with Gasteiger partial charge in [0, 0.05) is 47.6 Å². The van der Waals surface area contributed by atoms with Gasteiger partial charge in [0.15, 0.2) is 5.78 Å². The molecule has 1 aliphatic heterocycles. The molecule has 25 N–H and O–H groups in total. The Morgan fingerprint density at radius 3 is 1.69 bits per heavy atom. The van der Waals surface area contributed by atoms with Crippen LogP contribution in [0.4, 0.5) is 5.69 Å².